The molecule has 5 aromatic carbocycles. The summed E-state index contributed by atoms with van der Waals surface area (Å²) in [6.45, 7) is 0.0219. The first-order valence-corrected chi connectivity index (χ1v) is 22.1. The van der Waals surface area contributed by atoms with Crippen molar-refractivity contribution in [2.45, 2.75) is 56.0 Å². The number of ketones is 1. The number of hydrogen-bond donors (Lipinski definition) is 0. The van der Waals surface area contributed by atoms with E-state index in [-0.39, 0.29) is 12.1 Å². The summed E-state index contributed by atoms with van der Waals surface area (Å²) in [6.07, 6.45) is -51.4. The number of aromatic nitrogens is 1. The molecular weight excluding hydrogens is 1170 g/mol. The van der Waals surface area contributed by atoms with Crippen molar-refractivity contribution in [3.05, 3.63) is 195 Å². The van der Waals surface area contributed by atoms with Gasteiger partial charge in [-0.25, -0.2) is 14.2 Å². The predicted molar refractivity (Wildman–Crippen MR) is 239 cm³/mol. The number of rotatable bonds is 10. The summed E-state index contributed by atoms with van der Waals surface area (Å²) in [5.41, 5.74) is -30.3. The summed E-state index contributed by atoms with van der Waals surface area (Å²) in [4.78, 5) is 37.2. The van der Waals surface area contributed by atoms with Crippen molar-refractivity contribution in [1.82, 2.24) is 0 Å². The van der Waals surface area contributed by atoms with Gasteiger partial charge in [-0.15, -0.1) is 0 Å². The molecule has 0 saturated heterocycles. The number of pyridine rings is 1. The molecule has 0 atom stereocenters. The molecule has 0 aliphatic rings. The van der Waals surface area contributed by atoms with Crippen LogP contribution in [0, 0.1) is 0 Å². The zero-order valence-electron chi connectivity index (χ0n) is 40.5. The minimum Gasteiger partial charge on any atom is -0.465 e. The number of alkyl halides is 24. The van der Waals surface area contributed by atoms with Gasteiger partial charge in [-0.1, -0.05) is 84.9 Å². The number of allylic oxidation sites excluding steroid dienone is 1. The molecule has 0 fully saturated rings. The SMILES string of the molecule is COC(=O)C(C(=O)OC)=C(C[n+]1ccccc1)C(=O)c1ccccc1.FC(F)(F)c1cc([B-](c2cc(C(F)(F)F)cc(C(F)(F)F)c2)(c2cc(C(F)(F)F)cc(C(F)(F)F)c2)c2cc(C(F)(F)F)cc(C(F)(F)F)c2)cc(C(F)(F)F)c1. The standard InChI is InChI=1S/C32H12BF24.C19H18NO5/c34-25(35,36)13-1-14(26(37,38)39)6-21(5-13)33(22-7-15(27(40,41)42)2-16(8-22)28(43,44)45,23-9-17(29(46,47)48)3-18(10-23)30(49,50)51)24-11-19(31(52,53)54)4-20(12-24)32(55,56)57;1-24-18(22)16(19(23)25-2)15(13-20-11-7-4-8-12-20)17(21)14-9-5-3-6-10-14/h1-12H;3-12H,13H2,1-2H3/q-1;+1. The smallest absolute Gasteiger partial charge is 0.416 e. The second-order valence-electron chi connectivity index (χ2n) is 17.3. The molecule has 0 radical (unpaired) electrons. The minimum absolute atomic E-state index is 0.00102. The zero-order chi connectivity index (χ0) is 62.1. The van der Waals surface area contributed by atoms with Gasteiger partial charge in [-0.2, -0.15) is 127 Å². The van der Waals surface area contributed by atoms with E-state index in [9.17, 15) is 120 Å². The summed E-state index contributed by atoms with van der Waals surface area (Å²) in [5.74, 6) is -2.27. The van der Waals surface area contributed by atoms with Crippen LogP contribution in [0.25, 0.3) is 0 Å². The topological polar surface area (TPSA) is 73.6 Å². The molecule has 0 bridgehead atoms. The molecule has 0 amide bonds. The Morgan fingerprint density at radius 1 is 0.366 bits per heavy atom. The lowest BCUT2D eigenvalue weighted by molar-refractivity contribution is -0.688. The molecule has 0 unspecified atom stereocenters. The summed E-state index contributed by atoms with van der Waals surface area (Å²) in [6, 6.07) is 4.98. The number of benzene rings is 5. The molecule has 0 spiro atoms. The molecule has 0 saturated carbocycles. The average Bonchev–Trinajstić information content (AvgIpc) is 1.90. The van der Waals surface area contributed by atoms with E-state index in [1.54, 1.807) is 59.4 Å². The first kappa shape index (κ1) is 64.8. The minimum atomic E-state index is -6.13. The van der Waals surface area contributed by atoms with Gasteiger partial charge in [-0.05, 0) is 24.3 Å². The van der Waals surface area contributed by atoms with Crippen LogP contribution in [0.15, 0.2) is 145 Å². The first-order chi connectivity index (χ1) is 37.3. The molecule has 6 nitrogen and oxygen atoms in total. The maximum Gasteiger partial charge on any atom is 0.416 e. The fourth-order valence-corrected chi connectivity index (χ4v) is 8.35. The van der Waals surface area contributed by atoms with Gasteiger partial charge in [0.2, 0.25) is 0 Å². The molecule has 1 heterocycles. The van der Waals surface area contributed by atoms with E-state index >= 15 is 0 Å². The lowest BCUT2D eigenvalue weighted by Crippen LogP contribution is -2.75. The van der Waals surface area contributed by atoms with Gasteiger partial charge in [-0.3, -0.25) is 4.79 Å². The average molecular weight is 1200 g/mol. The quantitative estimate of drug-likeness (QED) is 0.0200. The van der Waals surface area contributed by atoms with Crippen LogP contribution in [-0.2, 0) is 75.0 Å². The molecule has 0 aliphatic heterocycles. The number of ether oxygens (including phenoxy) is 2. The molecule has 6 aromatic rings. The van der Waals surface area contributed by atoms with E-state index in [1.165, 1.54) is 0 Å². The van der Waals surface area contributed by atoms with Crippen molar-refractivity contribution < 1.29 is 134 Å². The molecule has 82 heavy (non-hydrogen) atoms. The van der Waals surface area contributed by atoms with Crippen LogP contribution in [0.5, 0.6) is 0 Å². The Hall–Kier alpha value is -8.02. The lowest BCUT2D eigenvalue weighted by atomic mass is 9.12. The number of hydrogen-bond acceptors (Lipinski definition) is 5. The summed E-state index contributed by atoms with van der Waals surface area (Å²) in [7, 11) is 2.29. The van der Waals surface area contributed by atoms with Gasteiger partial charge < -0.3 is 9.47 Å². The molecule has 0 aliphatic carbocycles. The molecule has 31 heteroatoms. The van der Waals surface area contributed by atoms with Gasteiger partial charge in [0.05, 0.1) is 64.3 Å². The van der Waals surface area contributed by atoms with E-state index in [4.69, 9.17) is 0 Å². The Labute approximate surface area is 444 Å². The number of carbonyl (C=O) groups excluding carboxylic acids is 3. The molecule has 440 valence electrons. The van der Waals surface area contributed by atoms with Gasteiger partial charge >= 0.3 is 61.3 Å². The second kappa shape index (κ2) is 23.1. The number of Topliss-reactive ketones (excluding diaryl/α,β-unsaturated/α-hetero) is 1. The van der Waals surface area contributed by atoms with Crippen LogP contribution in [-0.4, -0.2) is 38.1 Å². The van der Waals surface area contributed by atoms with Crippen LogP contribution in [0.3, 0.4) is 0 Å². The summed E-state index contributed by atoms with van der Waals surface area (Å²) < 4.78 is 352. The van der Waals surface area contributed by atoms with Crippen LogP contribution in [0.4, 0.5) is 105 Å². The van der Waals surface area contributed by atoms with Crippen molar-refractivity contribution in [2.24, 2.45) is 0 Å². The second-order valence-corrected chi connectivity index (χ2v) is 17.3. The molecule has 6 rings (SSSR count). The Morgan fingerprint density at radius 3 is 0.817 bits per heavy atom. The van der Waals surface area contributed by atoms with Crippen LogP contribution in [0.1, 0.15) is 54.9 Å². The van der Waals surface area contributed by atoms with E-state index in [0.29, 0.717) is 5.56 Å². The van der Waals surface area contributed by atoms with E-state index in [1.807, 2.05) is 6.07 Å². The fourth-order valence-electron chi connectivity index (χ4n) is 8.35. The lowest BCUT2D eigenvalue weighted by Gasteiger charge is -2.46. The Morgan fingerprint density at radius 2 is 0.598 bits per heavy atom. The Kier molecular flexibility index (Phi) is 18.2. The molecule has 0 N–H and O–H groups in total. The molecular formula is C51H30BF24NO5. The molecule has 1 aromatic heterocycles. The van der Waals surface area contributed by atoms with Gasteiger partial charge in [0.15, 0.2) is 30.3 Å². The van der Waals surface area contributed by atoms with Crippen LogP contribution in [0.2, 0.25) is 0 Å². The largest absolute Gasteiger partial charge is 0.465 e. The van der Waals surface area contributed by atoms with Gasteiger partial charge in [0.25, 0.3) is 0 Å². The number of nitrogens with zero attached hydrogens (tertiary/aromatic N) is 1. The third kappa shape index (κ3) is 14.9. The highest BCUT2D eigenvalue weighted by Crippen LogP contribution is 2.41. The third-order valence-corrected chi connectivity index (χ3v) is 11.9. The van der Waals surface area contributed by atoms with Crippen molar-refractivity contribution in [2.75, 3.05) is 14.2 Å². The number of methoxy groups -OCH3 is 2. The highest BCUT2D eigenvalue weighted by molar-refractivity contribution is 7.20. The Balaban J connectivity index is 0.000000409. The summed E-state index contributed by atoms with van der Waals surface area (Å²) in [5, 5.41) is 0. The van der Waals surface area contributed by atoms with Crippen molar-refractivity contribution in [3.63, 3.8) is 0 Å². The fraction of sp³-hybridized carbons (Fsp3) is 0.216. The van der Waals surface area contributed by atoms with E-state index in [0.717, 1.165) is 14.2 Å². The third-order valence-electron chi connectivity index (χ3n) is 11.9. The maximum atomic E-state index is 14.2. The highest BCUT2D eigenvalue weighted by Gasteiger charge is 2.47. The number of esters is 2. The number of carbonyl (C=O) groups is 3. The van der Waals surface area contributed by atoms with Crippen LogP contribution < -0.4 is 26.4 Å². The normalized spacial score (nSPS) is 13.0. The Bertz CT molecular complexity index is 2900. The van der Waals surface area contributed by atoms with E-state index in [2.05, 4.69) is 9.47 Å². The zero-order valence-corrected chi connectivity index (χ0v) is 40.5. The highest BCUT2D eigenvalue weighted by atomic mass is 19.4. The monoisotopic (exact) mass is 1200 g/mol. The summed E-state index contributed by atoms with van der Waals surface area (Å²) >= 11 is 0. The van der Waals surface area contributed by atoms with E-state index < -0.39 is 218 Å². The van der Waals surface area contributed by atoms with Gasteiger partial charge in [0.1, 0.15) is 6.15 Å². The van der Waals surface area contributed by atoms with Crippen molar-refractivity contribution in [1.29, 1.82) is 0 Å². The number of halogens is 24. The van der Waals surface area contributed by atoms with Crippen molar-refractivity contribution >= 4 is 45.7 Å². The van der Waals surface area contributed by atoms with Crippen LogP contribution >= 0.6 is 0 Å². The first-order valence-electron chi connectivity index (χ1n) is 22.1. The maximum absolute atomic E-state index is 14.2. The van der Waals surface area contributed by atoms with Crippen molar-refractivity contribution in [3.8, 4) is 0 Å². The predicted octanol–water partition coefficient (Wildman–Crippen LogP) is 12.7. The van der Waals surface area contributed by atoms with Gasteiger partial charge in [0, 0.05) is 17.7 Å².